The molecular formula is C17H30N4O4S. The van der Waals surface area contributed by atoms with Gasteiger partial charge in [-0.15, -0.1) is 0 Å². The molecule has 0 radical (unpaired) electrons. The zero-order valence-corrected chi connectivity index (χ0v) is 16.7. The third-order valence-corrected chi connectivity index (χ3v) is 8.21. The van der Waals surface area contributed by atoms with Crippen LogP contribution in [0.4, 0.5) is 4.79 Å². The van der Waals surface area contributed by atoms with Crippen LogP contribution >= 0.6 is 0 Å². The third kappa shape index (κ3) is 3.55. The summed E-state index contributed by atoms with van der Waals surface area (Å²) in [5.41, 5.74) is 0. The summed E-state index contributed by atoms with van der Waals surface area (Å²) >= 11 is 0. The van der Waals surface area contributed by atoms with E-state index in [9.17, 15) is 18.0 Å². The molecule has 3 amide bonds. The molecule has 3 fully saturated rings. The number of hydrogen-bond donors (Lipinski definition) is 1. The summed E-state index contributed by atoms with van der Waals surface area (Å²) < 4.78 is 26.0. The monoisotopic (exact) mass is 386 g/mol. The molecule has 0 spiro atoms. The van der Waals surface area contributed by atoms with Crippen molar-refractivity contribution in [3.05, 3.63) is 0 Å². The molecule has 2 atom stereocenters. The fourth-order valence-electron chi connectivity index (χ4n) is 4.29. The largest absolute Gasteiger partial charge is 0.343 e. The first kappa shape index (κ1) is 19.4. The van der Waals surface area contributed by atoms with Crippen molar-refractivity contribution in [1.82, 2.24) is 19.4 Å². The van der Waals surface area contributed by atoms with Crippen LogP contribution in [0.3, 0.4) is 0 Å². The molecule has 9 heteroatoms. The Balaban J connectivity index is 1.56. The molecule has 0 bridgehead atoms. The molecule has 26 heavy (non-hydrogen) atoms. The van der Waals surface area contributed by atoms with E-state index >= 15 is 0 Å². The average molecular weight is 387 g/mol. The molecule has 1 N–H and O–H groups in total. The highest BCUT2D eigenvalue weighted by atomic mass is 32.2. The lowest BCUT2D eigenvalue weighted by Crippen LogP contribution is -2.56. The summed E-state index contributed by atoms with van der Waals surface area (Å²) in [6.45, 7) is 5.54. The molecule has 3 saturated heterocycles. The number of carbonyl (C=O) groups is 2. The lowest BCUT2D eigenvalue weighted by Gasteiger charge is -2.38. The van der Waals surface area contributed by atoms with Crippen LogP contribution in [-0.4, -0.2) is 85.0 Å². The first-order valence-corrected chi connectivity index (χ1v) is 11.0. The van der Waals surface area contributed by atoms with Crippen molar-refractivity contribution in [2.75, 3.05) is 33.2 Å². The molecule has 0 aliphatic carbocycles. The Morgan fingerprint density at radius 2 is 1.81 bits per heavy atom. The Morgan fingerprint density at radius 1 is 1.15 bits per heavy atom. The standard InChI is InChI=1S/C17H30N4O4S/c1-12(2)26(24,25)20-9-6-13(7-10-20)18-17(23)21-8-4-5-14-15(21)11-19(3)16(14)22/h12-15H,4-11H2,1-3H3,(H,18,23)/t14-,15-/m1/s1. The maximum Gasteiger partial charge on any atom is 0.317 e. The SMILES string of the molecule is CC(C)S(=O)(=O)N1CCC(NC(=O)N2CCC[C@H]3C(=O)N(C)C[C@H]32)CC1. The molecule has 0 unspecified atom stereocenters. The predicted molar refractivity (Wildman–Crippen MR) is 98.0 cm³/mol. The van der Waals surface area contributed by atoms with Crippen LogP contribution in [0, 0.1) is 5.92 Å². The number of rotatable bonds is 3. The van der Waals surface area contributed by atoms with Crippen LogP contribution in [-0.2, 0) is 14.8 Å². The van der Waals surface area contributed by atoms with Gasteiger partial charge in [0.2, 0.25) is 15.9 Å². The molecule has 0 aromatic carbocycles. The maximum absolute atomic E-state index is 12.8. The predicted octanol–water partition coefficient (Wildman–Crippen LogP) is 0.451. The summed E-state index contributed by atoms with van der Waals surface area (Å²) in [7, 11) is -1.44. The second-order valence-corrected chi connectivity index (χ2v) is 10.4. The Hall–Kier alpha value is -1.35. The van der Waals surface area contributed by atoms with Crippen molar-refractivity contribution < 1.29 is 18.0 Å². The molecule has 3 aliphatic rings. The number of nitrogens with one attached hydrogen (secondary N) is 1. The molecule has 0 saturated carbocycles. The van der Waals surface area contributed by atoms with Gasteiger partial charge in [-0.3, -0.25) is 4.79 Å². The summed E-state index contributed by atoms with van der Waals surface area (Å²) in [6, 6.07) is -0.174. The summed E-state index contributed by atoms with van der Waals surface area (Å²) in [4.78, 5) is 28.5. The number of urea groups is 1. The number of fused-ring (bicyclic) bond motifs is 1. The Bertz CT molecular complexity index is 658. The quantitative estimate of drug-likeness (QED) is 0.763. The first-order valence-electron chi connectivity index (χ1n) is 9.53. The van der Waals surface area contributed by atoms with Gasteiger partial charge in [0.25, 0.3) is 0 Å². The van der Waals surface area contributed by atoms with E-state index in [1.165, 1.54) is 4.31 Å². The van der Waals surface area contributed by atoms with Gasteiger partial charge in [0, 0.05) is 39.3 Å². The smallest absolute Gasteiger partial charge is 0.317 e. The molecule has 3 aliphatic heterocycles. The normalized spacial score (nSPS) is 28.5. The van der Waals surface area contributed by atoms with Gasteiger partial charge in [0.05, 0.1) is 17.2 Å². The Morgan fingerprint density at radius 3 is 2.42 bits per heavy atom. The van der Waals surface area contributed by atoms with Crippen LogP contribution in [0.25, 0.3) is 0 Å². The first-order chi connectivity index (χ1) is 12.2. The highest BCUT2D eigenvalue weighted by molar-refractivity contribution is 7.89. The Kier molecular flexibility index (Phi) is 5.48. The lowest BCUT2D eigenvalue weighted by atomic mass is 9.92. The minimum Gasteiger partial charge on any atom is -0.343 e. The summed E-state index contributed by atoms with van der Waals surface area (Å²) in [5.74, 6) is 0.0669. The number of likely N-dealkylation sites (N-methyl/N-ethyl adjacent to an activating group) is 1. The van der Waals surface area contributed by atoms with Crippen molar-refractivity contribution >= 4 is 22.0 Å². The van der Waals surface area contributed by atoms with E-state index in [0.717, 1.165) is 12.8 Å². The number of sulfonamides is 1. The van der Waals surface area contributed by atoms with Crippen LogP contribution in [0.2, 0.25) is 0 Å². The van der Waals surface area contributed by atoms with E-state index in [1.807, 2.05) is 4.90 Å². The molecular weight excluding hydrogens is 356 g/mol. The van der Waals surface area contributed by atoms with Gasteiger partial charge >= 0.3 is 6.03 Å². The number of amides is 3. The molecule has 148 valence electrons. The lowest BCUT2D eigenvalue weighted by molar-refractivity contribution is -0.130. The van der Waals surface area contributed by atoms with Crippen molar-refractivity contribution in [1.29, 1.82) is 0 Å². The number of hydrogen-bond acceptors (Lipinski definition) is 4. The summed E-state index contributed by atoms with van der Waals surface area (Å²) in [5, 5.41) is 2.65. The molecule has 0 aromatic rings. The Labute approximate surface area is 155 Å². The molecule has 3 heterocycles. The molecule has 3 rings (SSSR count). The van der Waals surface area contributed by atoms with Gasteiger partial charge in [-0.25, -0.2) is 17.5 Å². The van der Waals surface area contributed by atoms with Gasteiger partial charge in [-0.2, -0.15) is 0 Å². The minimum absolute atomic E-state index is 0.0173. The van der Waals surface area contributed by atoms with Gasteiger partial charge in [-0.05, 0) is 39.5 Å². The van der Waals surface area contributed by atoms with Crippen molar-refractivity contribution in [2.24, 2.45) is 5.92 Å². The van der Waals surface area contributed by atoms with Gasteiger partial charge in [0.1, 0.15) is 0 Å². The molecule has 8 nitrogen and oxygen atoms in total. The van der Waals surface area contributed by atoms with E-state index in [-0.39, 0.29) is 29.9 Å². The van der Waals surface area contributed by atoms with Gasteiger partial charge in [-0.1, -0.05) is 0 Å². The van der Waals surface area contributed by atoms with E-state index in [4.69, 9.17) is 0 Å². The number of piperidine rings is 2. The number of carbonyl (C=O) groups excluding carboxylic acids is 2. The van der Waals surface area contributed by atoms with Crippen LogP contribution in [0.5, 0.6) is 0 Å². The topological polar surface area (TPSA) is 90.0 Å². The maximum atomic E-state index is 12.8. The van der Waals surface area contributed by atoms with E-state index in [0.29, 0.717) is 39.0 Å². The van der Waals surface area contributed by atoms with Crippen LogP contribution in [0.1, 0.15) is 39.5 Å². The second-order valence-electron chi connectivity index (χ2n) is 7.94. The number of nitrogens with zero attached hydrogens (tertiary/aromatic N) is 3. The molecule has 0 aromatic heterocycles. The highest BCUT2D eigenvalue weighted by Crippen LogP contribution is 2.31. The van der Waals surface area contributed by atoms with Gasteiger partial charge < -0.3 is 15.1 Å². The van der Waals surface area contributed by atoms with E-state index < -0.39 is 15.3 Å². The van der Waals surface area contributed by atoms with Crippen molar-refractivity contribution in [3.8, 4) is 0 Å². The zero-order valence-electron chi connectivity index (χ0n) is 15.8. The number of likely N-dealkylation sites (tertiary alicyclic amines) is 2. The fraction of sp³-hybridized carbons (Fsp3) is 0.882. The zero-order chi connectivity index (χ0) is 19.1. The van der Waals surface area contributed by atoms with E-state index in [1.54, 1.807) is 25.8 Å². The third-order valence-electron chi connectivity index (χ3n) is 5.93. The second kappa shape index (κ2) is 7.34. The van der Waals surface area contributed by atoms with E-state index in [2.05, 4.69) is 5.32 Å². The van der Waals surface area contributed by atoms with Crippen molar-refractivity contribution in [2.45, 2.75) is 56.9 Å². The minimum atomic E-state index is -3.23. The highest BCUT2D eigenvalue weighted by Gasteiger charge is 2.45. The van der Waals surface area contributed by atoms with Crippen molar-refractivity contribution in [3.63, 3.8) is 0 Å². The van der Waals surface area contributed by atoms with Crippen LogP contribution in [0.15, 0.2) is 0 Å². The average Bonchev–Trinajstić information content (AvgIpc) is 2.89. The summed E-state index contributed by atoms with van der Waals surface area (Å²) in [6.07, 6.45) is 2.94. The fourth-order valence-corrected chi connectivity index (χ4v) is 5.60. The van der Waals surface area contributed by atoms with Crippen LogP contribution < -0.4 is 5.32 Å². The van der Waals surface area contributed by atoms with Gasteiger partial charge in [0.15, 0.2) is 0 Å².